The Bertz CT molecular complexity index is 150. The Morgan fingerprint density at radius 2 is 1.75 bits per heavy atom. The third-order valence-electron chi connectivity index (χ3n) is 2.33. The molecule has 72 valence electrons. The van der Waals surface area contributed by atoms with Crippen LogP contribution in [0.25, 0.3) is 0 Å². The molecule has 1 aliphatic heterocycles. The quantitative estimate of drug-likeness (QED) is 0.563. The van der Waals surface area contributed by atoms with Crippen LogP contribution in [0.2, 0.25) is 0 Å². The van der Waals surface area contributed by atoms with Gasteiger partial charge in [0, 0.05) is 6.42 Å². The van der Waals surface area contributed by atoms with Gasteiger partial charge in [0.25, 0.3) is 0 Å². The van der Waals surface area contributed by atoms with Crippen LogP contribution in [0.15, 0.2) is 0 Å². The van der Waals surface area contributed by atoms with Gasteiger partial charge < -0.3 is 14.9 Å². The van der Waals surface area contributed by atoms with E-state index in [0.29, 0.717) is 6.42 Å². The minimum atomic E-state index is -0.705. The summed E-state index contributed by atoms with van der Waals surface area (Å²) in [5.74, 6) is 0. The fourth-order valence-electron chi connectivity index (χ4n) is 1.37. The first-order valence-corrected chi connectivity index (χ1v) is 4.39. The van der Waals surface area contributed by atoms with Crippen LogP contribution < -0.4 is 0 Å². The van der Waals surface area contributed by atoms with Crippen molar-refractivity contribution in [2.24, 2.45) is 5.41 Å². The molecule has 1 aliphatic rings. The van der Waals surface area contributed by atoms with Crippen molar-refractivity contribution in [3.8, 4) is 0 Å². The van der Waals surface area contributed by atoms with Gasteiger partial charge in [-0.2, -0.15) is 0 Å². The van der Waals surface area contributed by atoms with E-state index in [0.717, 1.165) is 0 Å². The van der Waals surface area contributed by atoms with Crippen LogP contribution in [0.3, 0.4) is 0 Å². The Morgan fingerprint density at radius 1 is 1.17 bits per heavy atom. The molecule has 0 spiro atoms. The Morgan fingerprint density at radius 3 is 2.17 bits per heavy atom. The Balaban J connectivity index is 2.51. The Kier molecular flexibility index (Phi) is 2.76. The van der Waals surface area contributed by atoms with Gasteiger partial charge in [0.2, 0.25) is 0 Å². The van der Waals surface area contributed by atoms with E-state index >= 15 is 0 Å². The van der Waals surface area contributed by atoms with Gasteiger partial charge in [-0.05, 0) is 5.41 Å². The molecule has 3 atom stereocenters. The molecular weight excluding hydrogens is 156 g/mol. The second kappa shape index (κ2) is 3.32. The van der Waals surface area contributed by atoms with E-state index in [-0.39, 0.29) is 18.1 Å². The molecule has 3 nitrogen and oxygen atoms in total. The molecule has 0 aromatic rings. The van der Waals surface area contributed by atoms with Crippen LogP contribution in [0.5, 0.6) is 0 Å². The molecule has 1 heterocycles. The zero-order valence-electron chi connectivity index (χ0n) is 7.95. The molecule has 3 heteroatoms. The summed E-state index contributed by atoms with van der Waals surface area (Å²) in [4.78, 5) is 0. The third kappa shape index (κ3) is 2.19. The van der Waals surface area contributed by atoms with Crippen LogP contribution >= 0.6 is 0 Å². The molecule has 0 amide bonds. The summed E-state index contributed by atoms with van der Waals surface area (Å²) in [5.41, 5.74) is 0.0428. The molecule has 2 N–H and O–H groups in total. The van der Waals surface area contributed by atoms with Gasteiger partial charge in [0.05, 0.1) is 18.8 Å². The van der Waals surface area contributed by atoms with Crippen molar-refractivity contribution < 1.29 is 14.9 Å². The molecule has 0 bridgehead atoms. The highest BCUT2D eigenvalue weighted by Gasteiger charge is 2.34. The summed E-state index contributed by atoms with van der Waals surface area (Å²) in [5, 5.41) is 18.6. The molecule has 1 saturated heterocycles. The fourth-order valence-corrected chi connectivity index (χ4v) is 1.37. The summed E-state index contributed by atoms with van der Waals surface area (Å²) in [7, 11) is 0. The topological polar surface area (TPSA) is 49.7 Å². The number of hydrogen-bond donors (Lipinski definition) is 2. The van der Waals surface area contributed by atoms with Gasteiger partial charge >= 0.3 is 0 Å². The molecule has 1 rings (SSSR count). The van der Waals surface area contributed by atoms with Crippen molar-refractivity contribution >= 4 is 0 Å². The molecule has 0 saturated carbocycles. The van der Waals surface area contributed by atoms with Crippen molar-refractivity contribution in [1.82, 2.24) is 0 Å². The van der Waals surface area contributed by atoms with Crippen molar-refractivity contribution in [1.29, 1.82) is 0 Å². The van der Waals surface area contributed by atoms with Crippen LogP contribution in [0.4, 0.5) is 0 Å². The number of aliphatic hydroxyl groups is 2. The minimum absolute atomic E-state index is 0.0428. The second-order valence-corrected chi connectivity index (χ2v) is 4.56. The van der Waals surface area contributed by atoms with Crippen LogP contribution in [0.1, 0.15) is 27.2 Å². The van der Waals surface area contributed by atoms with Crippen LogP contribution in [0, 0.1) is 5.41 Å². The number of aliphatic hydroxyl groups excluding tert-OH is 2. The van der Waals surface area contributed by atoms with E-state index in [9.17, 15) is 10.2 Å². The standard InChI is InChI=1S/C9H18O3/c1-9(2,3)8-4-6(10)7(11)5-12-8/h6-8,10-11H,4-5H2,1-3H3/t6-,7+,8?/m1/s1. The van der Waals surface area contributed by atoms with Crippen molar-refractivity contribution in [3.05, 3.63) is 0 Å². The SMILES string of the molecule is CC(C)(C)C1C[C@@H](O)[C@@H](O)CO1. The summed E-state index contributed by atoms with van der Waals surface area (Å²) < 4.78 is 5.42. The molecule has 0 aromatic heterocycles. The first kappa shape index (κ1) is 9.96. The Hall–Kier alpha value is -0.120. The fraction of sp³-hybridized carbons (Fsp3) is 1.00. The highest BCUT2D eigenvalue weighted by atomic mass is 16.5. The zero-order valence-corrected chi connectivity index (χ0v) is 7.95. The normalized spacial score (nSPS) is 38.2. The third-order valence-corrected chi connectivity index (χ3v) is 2.33. The highest BCUT2D eigenvalue weighted by molar-refractivity contribution is 4.84. The van der Waals surface area contributed by atoms with Crippen molar-refractivity contribution in [3.63, 3.8) is 0 Å². The first-order valence-electron chi connectivity index (χ1n) is 4.39. The lowest BCUT2D eigenvalue weighted by molar-refractivity contribution is -0.148. The van der Waals surface area contributed by atoms with E-state index in [4.69, 9.17) is 4.74 Å². The van der Waals surface area contributed by atoms with E-state index in [1.165, 1.54) is 0 Å². The molecule has 0 aliphatic carbocycles. The molecule has 0 radical (unpaired) electrons. The van der Waals surface area contributed by atoms with Gasteiger partial charge in [-0.3, -0.25) is 0 Å². The minimum Gasteiger partial charge on any atom is -0.390 e. The summed E-state index contributed by atoms with van der Waals surface area (Å²) in [6.45, 7) is 6.47. The largest absolute Gasteiger partial charge is 0.390 e. The van der Waals surface area contributed by atoms with Crippen LogP contribution in [-0.4, -0.2) is 35.1 Å². The molecular formula is C9H18O3. The number of ether oxygens (including phenoxy) is 1. The summed E-state index contributed by atoms with van der Waals surface area (Å²) in [6, 6.07) is 0. The van der Waals surface area contributed by atoms with E-state index in [2.05, 4.69) is 20.8 Å². The maximum Gasteiger partial charge on any atom is 0.103 e. The van der Waals surface area contributed by atoms with Gasteiger partial charge in [0.1, 0.15) is 6.10 Å². The maximum absolute atomic E-state index is 9.38. The molecule has 0 aromatic carbocycles. The highest BCUT2D eigenvalue weighted by Crippen LogP contribution is 2.29. The van der Waals surface area contributed by atoms with Gasteiger partial charge in [-0.1, -0.05) is 20.8 Å². The molecule has 1 fully saturated rings. The maximum atomic E-state index is 9.38. The van der Waals surface area contributed by atoms with Gasteiger partial charge in [0.15, 0.2) is 0 Å². The van der Waals surface area contributed by atoms with Gasteiger partial charge in [-0.25, -0.2) is 0 Å². The first-order chi connectivity index (χ1) is 5.41. The number of hydrogen-bond acceptors (Lipinski definition) is 3. The van der Waals surface area contributed by atoms with Crippen LogP contribution in [-0.2, 0) is 4.74 Å². The molecule has 12 heavy (non-hydrogen) atoms. The lowest BCUT2D eigenvalue weighted by atomic mass is 9.83. The lowest BCUT2D eigenvalue weighted by Gasteiger charge is -2.37. The average Bonchev–Trinajstić information content (AvgIpc) is 1.92. The van der Waals surface area contributed by atoms with E-state index in [1.54, 1.807) is 0 Å². The number of rotatable bonds is 0. The zero-order chi connectivity index (χ0) is 9.35. The average molecular weight is 174 g/mol. The van der Waals surface area contributed by atoms with E-state index < -0.39 is 12.2 Å². The summed E-state index contributed by atoms with van der Waals surface area (Å²) in [6.07, 6.45) is -0.743. The summed E-state index contributed by atoms with van der Waals surface area (Å²) >= 11 is 0. The second-order valence-electron chi connectivity index (χ2n) is 4.56. The Labute approximate surface area is 73.4 Å². The predicted octanol–water partition coefficient (Wildman–Crippen LogP) is 0.543. The monoisotopic (exact) mass is 174 g/mol. The smallest absolute Gasteiger partial charge is 0.103 e. The van der Waals surface area contributed by atoms with Gasteiger partial charge in [-0.15, -0.1) is 0 Å². The van der Waals surface area contributed by atoms with Crippen molar-refractivity contribution in [2.45, 2.75) is 45.5 Å². The van der Waals surface area contributed by atoms with E-state index in [1.807, 2.05) is 0 Å². The lowest BCUT2D eigenvalue weighted by Crippen LogP contribution is -2.45. The predicted molar refractivity (Wildman–Crippen MR) is 45.8 cm³/mol. The van der Waals surface area contributed by atoms with Crippen molar-refractivity contribution in [2.75, 3.05) is 6.61 Å². The molecule has 1 unspecified atom stereocenters.